The number of carbonyl (C=O) groups is 1. The smallest absolute Gasteiger partial charge is 0.244 e. The Morgan fingerprint density at radius 3 is 2.68 bits per heavy atom. The SMILES string of the molecule is O=C(/C=C/c1ccc(S(=O)(=O)NC2CC2)cc1)NCCCOCc1ccco1. The first-order chi connectivity index (χ1) is 13.5. The molecule has 0 unspecified atom stereocenters. The van der Waals surface area contributed by atoms with E-state index >= 15 is 0 Å². The van der Waals surface area contributed by atoms with E-state index in [1.165, 1.54) is 6.08 Å². The summed E-state index contributed by atoms with van der Waals surface area (Å²) in [5.74, 6) is 0.562. The molecule has 0 saturated heterocycles. The largest absolute Gasteiger partial charge is 0.467 e. The summed E-state index contributed by atoms with van der Waals surface area (Å²) in [4.78, 5) is 12.1. The van der Waals surface area contributed by atoms with Gasteiger partial charge in [0.25, 0.3) is 0 Å². The standard InChI is InChI=1S/C20H24N2O5S/c23-20(21-12-2-13-26-15-18-3-1-14-27-18)11-6-16-4-9-19(10-5-16)28(24,25)22-17-7-8-17/h1,3-6,9-11,14,17,22H,2,7-8,12-13,15H2,(H,21,23)/b11-6+. The van der Waals surface area contributed by atoms with Crippen LogP contribution in [0.5, 0.6) is 0 Å². The number of rotatable bonds is 11. The summed E-state index contributed by atoms with van der Waals surface area (Å²) in [6.45, 7) is 1.45. The number of benzene rings is 1. The molecule has 3 rings (SSSR count). The molecule has 0 atom stereocenters. The Balaban J connectivity index is 1.35. The molecule has 28 heavy (non-hydrogen) atoms. The minimum Gasteiger partial charge on any atom is -0.467 e. The van der Waals surface area contributed by atoms with E-state index in [9.17, 15) is 13.2 Å². The molecule has 1 aliphatic rings. The predicted molar refractivity (Wildman–Crippen MR) is 105 cm³/mol. The fourth-order valence-corrected chi connectivity index (χ4v) is 3.74. The van der Waals surface area contributed by atoms with Crippen LogP contribution in [0.3, 0.4) is 0 Å². The van der Waals surface area contributed by atoms with Crippen LogP contribution in [-0.2, 0) is 26.2 Å². The van der Waals surface area contributed by atoms with E-state index in [4.69, 9.17) is 9.15 Å². The Morgan fingerprint density at radius 2 is 2.00 bits per heavy atom. The second kappa shape index (κ2) is 9.68. The van der Waals surface area contributed by atoms with Gasteiger partial charge in [0.15, 0.2) is 0 Å². The number of nitrogens with one attached hydrogen (secondary N) is 2. The highest BCUT2D eigenvalue weighted by Crippen LogP contribution is 2.22. The monoisotopic (exact) mass is 404 g/mol. The first-order valence-electron chi connectivity index (χ1n) is 9.21. The van der Waals surface area contributed by atoms with Crippen molar-refractivity contribution in [2.45, 2.75) is 36.8 Å². The van der Waals surface area contributed by atoms with Crippen molar-refractivity contribution in [1.29, 1.82) is 0 Å². The first-order valence-corrected chi connectivity index (χ1v) is 10.7. The lowest BCUT2D eigenvalue weighted by Gasteiger charge is -2.05. The van der Waals surface area contributed by atoms with E-state index < -0.39 is 10.0 Å². The van der Waals surface area contributed by atoms with Crippen molar-refractivity contribution in [1.82, 2.24) is 10.0 Å². The van der Waals surface area contributed by atoms with Crippen molar-refractivity contribution in [3.05, 3.63) is 60.1 Å². The predicted octanol–water partition coefficient (Wildman–Crippen LogP) is 2.46. The molecule has 8 heteroatoms. The molecule has 0 bridgehead atoms. The van der Waals surface area contributed by atoms with E-state index in [2.05, 4.69) is 10.0 Å². The fraction of sp³-hybridized carbons (Fsp3) is 0.350. The molecule has 1 amide bonds. The molecule has 7 nitrogen and oxygen atoms in total. The average molecular weight is 404 g/mol. The highest BCUT2D eigenvalue weighted by Gasteiger charge is 2.27. The van der Waals surface area contributed by atoms with Crippen molar-refractivity contribution in [2.75, 3.05) is 13.2 Å². The molecule has 2 aromatic rings. The van der Waals surface area contributed by atoms with E-state index in [1.807, 2.05) is 12.1 Å². The Hall–Kier alpha value is -2.42. The van der Waals surface area contributed by atoms with Crippen LogP contribution in [0.25, 0.3) is 6.08 Å². The molecule has 1 heterocycles. The van der Waals surface area contributed by atoms with E-state index in [0.717, 1.165) is 24.2 Å². The molecular formula is C20H24N2O5S. The maximum Gasteiger partial charge on any atom is 0.244 e. The van der Waals surface area contributed by atoms with Crippen molar-refractivity contribution in [3.8, 4) is 0 Å². The zero-order valence-corrected chi connectivity index (χ0v) is 16.3. The third kappa shape index (κ3) is 6.63. The van der Waals surface area contributed by atoms with Crippen LogP contribution in [0.15, 0.2) is 58.1 Å². The van der Waals surface area contributed by atoms with E-state index in [0.29, 0.717) is 26.2 Å². The lowest BCUT2D eigenvalue weighted by molar-refractivity contribution is -0.116. The van der Waals surface area contributed by atoms with Crippen molar-refractivity contribution in [3.63, 3.8) is 0 Å². The molecule has 150 valence electrons. The number of carbonyl (C=O) groups excluding carboxylic acids is 1. The van der Waals surface area contributed by atoms with E-state index in [-0.39, 0.29) is 16.8 Å². The zero-order chi connectivity index (χ0) is 19.8. The van der Waals surface area contributed by atoms with Crippen LogP contribution in [0.4, 0.5) is 0 Å². The first kappa shape index (κ1) is 20.3. The number of furan rings is 1. The molecule has 1 aliphatic carbocycles. The highest BCUT2D eigenvalue weighted by molar-refractivity contribution is 7.89. The van der Waals surface area contributed by atoms with Crippen LogP contribution < -0.4 is 10.0 Å². The van der Waals surface area contributed by atoms with Gasteiger partial charge in [-0.3, -0.25) is 4.79 Å². The summed E-state index contributed by atoms with van der Waals surface area (Å²) in [7, 11) is -3.45. The van der Waals surface area contributed by atoms with Gasteiger partial charge in [0.05, 0.1) is 11.2 Å². The summed E-state index contributed by atoms with van der Waals surface area (Å²) >= 11 is 0. The summed E-state index contributed by atoms with van der Waals surface area (Å²) in [5, 5.41) is 2.78. The van der Waals surface area contributed by atoms with Gasteiger partial charge in [-0.25, -0.2) is 13.1 Å². The Bertz CT molecular complexity index is 885. The maximum atomic E-state index is 12.1. The van der Waals surface area contributed by atoms with Gasteiger partial charge in [-0.05, 0) is 55.2 Å². The molecule has 1 aromatic heterocycles. The summed E-state index contributed by atoms with van der Waals surface area (Å²) in [6, 6.07) is 10.2. The molecule has 1 saturated carbocycles. The van der Waals surface area contributed by atoms with Gasteiger partial charge < -0.3 is 14.5 Å². The normalized spacial score (nSPS) is 14.4. The van der Waals surface area contributed by atoms with Gasteiger partial charge in [0, 0.05) is 25.3 Å². The highest BCUT2D eigenvalue weighted by atomic mass is 32.2. The van der Waals surface area contributed by atoms with Crippen LogP contribution in [-0.4, -0.2) is 33.5 Å². The lowest BCUT2D eigenvalue weighted by atomic mass is 10.2. The second-order valence-corrected chi connectivity index (χ2v) is 8.29. The van der Waals surface area contributed by atoms with Crippen LogP contribution in [0, 0.1) is 0 Å². The summed E-state index contributed by atoms with van der Waals surface area (Å²) in [6.07, 6.45) is 7.16. The molecular weight excluding hydrogens is 380 g/mol. The molecule has 2 N–H and O–H groups in total. The third-order valence-corrected chi connectivity index (χ3v) is 5.64. The van der Waals surface area contributed by atoms with Gasteiger partial charge >= 0.3 is 0 Å². The number of hydrogen-bond acceptors (Lipinski definition) is 5. The van der Waals surface area contributed by atoms with Gasteiger partial charge in [0.2, 0.25) is 15.9 Å². The Kier molecular flexibility index (Phi) is 7.02. The van der Waals surface area contributed by atoms with Crippen molar-refractivity contribution < 1.29 is 22.4 Å². The second-order valence-electron chi connectivity index (χ2n) is 6.57. The van der Waals surface area contributed by atoms with Crippen LogP contribution >= 0.6 is 0 Å². The number of sulfonamides is 1. The molecule has 0 aliphatic heterocycles. The molecule has 1 aromatic carbocycles. The van der Waals surface area contributed by atoms with Gasteiger partial charge in [-0.2, -0.15) is 0 Å². The van der Waals surface area contributed by atoms with Gasteiger partial charge in [-0.15, -0.1) is 0 Å². The third-order valence-electron chi connectivity index (χ3n) is 4.11. The maximum absolute atomic E-state index is 12.1. The topological polar surface area (TPSA) is 97.6 Å². The van der Waals surface area contributed by atoms with Gasteiger partial charge in [0.1, 0.15) is 12.4 Å². The summed E-state index contributed by atoms with van der Waals surface area (Å²) < 4.78 is 37.5. The Labute approximate surface area is 164 Å². The fourth-order valence-electron chi connectivity index (χ4n) is 2.43. The molecule has 1 fully saturated rings. The minimum absolute atomic E-state index is 0.0730. The van der Waals surface area contributed by atoms with Crippen molar-refractivity contribution in [2.24, 2.45) is 0 Å². The van der Waals surface area contributed by atoms with E-state index in [1.54, 1.807) is 36.6 Å². The average Bonchev–Trinajstić information content (AvgIpc) is 3.32. The molecule has 0 spiro atoms. The summed E-state index contributed by atoms with van der Waals surface area (Å²) in [5.41, 5.74) is 0.752. The van der Waals surface area contributed by atoms with Gasteiger partial charge in [-0.1, -0.05) is 12.1 Å². The minimum atomic E-state index is -3.45. The number of amides is 1. The zero-order valence-electron chi connectivity index (χ0n) is 15.5. The van der Waals surface area contributed by atoms with Crippen LogP contribution in [0.2, 0.25) is 0 Å². The van der Waals surface area contributed by atoms with Crippen molar-refractivity contribution >= 4 is 22.0 Å². The number of ether oxygens (including phenoxy) is 1. The quantitative estimate of drug-likeness (QED) is 0.443. The Morgan fingerprint density at radius 1 is 1.21 bits per heavy atom. The number of hydrogen-bond donors (Lipinski definition) is 2. The molecule has 0 radical (unpaired) electrons. The van der Waals surface area contributed by atoms with Crippen LogP contribution in [0.1, 0.15) is 30.6 Å². The lowest BCUT2D eigenvalue weighted by Crippen LogP contribution is -2.25.